The van der Waals surface area contributed by atoms with Gasteiger partial charge in [-0.05, 0) is 30.5 Å². The van der Waals surface area contributed by atoms with Gasteiger partial charge in [-0.2, -0.15) is 0 Å². The molecule has 128 valence electrons. The van der Waals surface area contributed by atoms with E-state index >= 15 is 0 Å². The Morgan fingerprint density at radius 2 is 2.08 bits per heavy atom. The van der Waals surface area contributed by atoms with Crippen LogP contribution >= 0.6 is 23.1 Å². The highest BCUT2D eigenvalue weighted by atomic mass is 32.2. The van der Waals surface area contributed by atoms with Gasteiger partial charge in [0, 0.05) is 16.5 Å². The number of carbonyl (C=O) groups is 1. The van der Waals surface area contributed by atoms with Crippen molar-refractivity contribution in [3.8, 4) is 0 Å². The number of thioether (sulfide) groups is 1. The Morgan fingerprint density at radius 3 is 2.62 bits per heavy atom. The molecule has 0 saturated heterocycles. The number of nitro benzene ring substituents is 1. The predicted molar refractivity (Wildman–Crippen MR) is 91.7 cm³/mol. The van der Waals surface area contributed by atoms with Crippen LogP contribution in [0.4, 0.5) is 5.69 Å². The zero-order valence-corrected chi connectivity index (χ0v) is 14.8. The number of primary sulfonamides is 1. The van der Waals surface area contributed by atoms with Gasteiger partial charge in [-0.25, -0.2) is 13.6 Å². The van der Waals surface area contributed by atoms with Crippen LogP contribution in [-0.2, 0) is 16.6 Å². The van der Waals surface area contributed by atoms with E-state index < -0.39 is 20.9 Å². The lowest BCUT2D eigenvalue weighted by Gasteiger charge is -2.05. The van der Waals surface area contributed by atoms with Crippen LogP contribution in [0.1, 0.15) is 15.2 Å². The highest BCUT2D eigenvalue weighted by Gasteiger charge is 2.17. The smallest absolute Gasteiger partial charge is 0.283 e. The molecule has 0 unspecified atom stereocenters. The molecular weight excluding hydrogens is 374 g/mol. The van der Waals surface area contributed by atoms with Gasteiger partial charge in [0.25, 0.3) is 11.6 Å². The molecule has 0 aliphatic heterocycles. The van der Waals surface area contributed by atoms with E-state index in [1.165, 1.54) is 36.0 Å². The first-order chi connectivity index (χ1) is 11.2. The minimum atomic E-state index is -3.77. The molecule has 0 aliphatic carbocycles. The van der Waals surface area contributed by atoms with Crippen molar-refractivity contribution >= 4 is 44.7 Å². The molecular formula is C13H13N3O5S3. The number of hydrogen-bond donors (Lipinski definition) is 2. The molecule has 0 radical (unpaired) electrons. The van der Waals surface area contributed by atoms with Crippen LogP contribution in [0.25, 0.3) is 0 Å². The summed E-state index contributed by atoms with van der Waals surface area (Å²) < 4.78 is 22.4. The first-order valence-electron chi connectivity index (χ1n) is 6.44. The second-order valence-electron chi connectivity index (χ2n) is 4.59. The monoisotopic (exact) mass is 387 g/mol. The molecule has 0 aliphatic rings. The third kappa shape index (κ3) is 4.32. The predicted octanol–water partition coefficient (Wildman–Crippen LogP) is 1.96. The summed E-state index contributed by atoms with van der Waals surface area (Å²) in [5.41, 5.74) is 0.0190. The van der Waals surface area contributed by atoms with E-state index in [1.54, 1.807) is 12.3 Å². The van der Waals surface area contributed by atoms with E-state index in [0.717, 1.165) is 11.3 Å². The number of benzene rings is 1. The van der Waals surface area contributed by atoms with Crippen LogP contribution in [-0.4, -0.2) is 25.5 Å². The van der Waals surface area contributed by atoms with E-state index in [0.29, 0.717) is 9.77 Å². The van der Waals surface area contributed by atoms with Crippen LogP contribution in [0.5, 0.6) is 0 Å². The van der Waals surface area contributed by atoms with E-state index in [4.69, 9.17) is 5.14 Å². The molecule has 0 atom stereocenters. The molecule has 2 aromatic rings. The number of nitro groups is 1. The summed E-state index contributed by atoms with van der Waals surface area (Å²) in [6.45, 7) is 0.0943. The summed E-state index contributed by atoms with van der Waals surface area (Å²) in [4.78, 5) is 23.7. The molecule has 2 rings (SSSR count). The molecule has 0 spiro atoms. The van der Waals surface area contributed by atoms with Crippen molar-refractivity contribution in [1.82, 2.24) is 5.32 Å². The number of thiophene rings is 1. The fourth-order valence-electron chi connectivity index (χ4n) is 1.85. The molecule has 1 amide bonds. The van der Waals surface area contributed by atoms with Crippen LogP contribution in [0, 0.1) is 10.1 Å². The maximum absolute atomic E-state index is 12.1. The first kappa shape index (κ1) is 18.4. The molecule has 0 bridgehead atoms. The maximum Gasteiger partial charge on any atom is 0.283 e. The Hall–Kier alpha value is -1.95. The Balaban J connectivity index is 2.11. The molecule has 1 aromatic carbocycles. The Bertz CT molecular complexity index is 892. The first-order valence-corrected chi connectivity index (χ1v) is 10.0. The molecule has 1 aromatic heterocycles. The molecule has 8 nitrogen and oxygen atoms in total. The van der Waals surface area contributed by atoms with Gasteiger partial charge in [-0.15, -0.1) is 23.1 Å². The Morgan fingerprint density at radius 1 is 1.38 bits per heavy atom. The van der Waals surface area contributed by atoms with Crippen molar-refractivity contribution < 1.29 is 18.1 Å². The molecule has 0 fully saturated rings. The lowest BCUT2D eigenvalue weighted by molar-refractivity contribution is -0.387. The highest BCUT2D eigenvalue weighted by Crippen LogP contribution is 2.28. The topological polar surface area (TPSA) is 132 Å². The second-order valence-corrected chi connectivity index (χ2v) is 8.40. The van der Waals surface area contributed by atoms with Gasteiger partial charge in [-0.1, -0.05) is 0 Å². The molecule has 3 N–H and O–H groups in total. The van der Waals surface area contributed by atoms with Gasteiger partial charge >= 0.3 is 0 Å². The van der Waals surface area contributed by atoms with Crippen LogP contribution in [0.3, 0.4) is 0 Å². The summed E-state index contributed by atoms with van der Waals surface area (Å²) in [5.74, 6) is -0.490. The molecule has 24 heavy (non-hydrogen) atoms. The lowest BCUT2D eigenvalue weighted by Crippen LogP contribution is -2.22. The van der Waals surface area contributed by atoms with E-state index in [9.17, 15) is 23.3 Å². The normalized spacial score (nSPS) is 11.2. The average Bonchev–Trinajstić information content (AvgIpc) is 3.01. The average molecular weight is 387 g/mol. The molecule has 11 heteroatoms. The fraction of sp³-hybridized carbons (Fsp3) is 0.154. The van der Waals surface area contributed by atoms with Gasteiger partial charge in [0.05, 0.1) is 16.4 Å². The van der Waals surface area contributed by atoms with Gasteiger partial charge in [0.2, 0.25) is 10.0 Å². The lowest BCUT2D eigenvalue weighted by atomic mass is 10.2. The minimum absolute atomic E-state index is 0.00621. The van der Waals surface area contributed by atoms with E-state index in [-0.39, 0.29) is 22.0 Å². The van der Waals surface area contributed by atoms with Crippen molar-refractivity contribution in [2.75, 3.05) is 6.26 Å². The Labute approximate surface area is 146 Å². The molecule has 1 heterocycles. The quantitative estimate of drug-likeness (QED) is 0.442. The van der Waals surface area contributed by atoms with Gasteiger partial charge < -0.3 is 5.32 Å². The number of nitrogens with two attached hydrogens (primary N) is 1. The van der Waals surface area contributed by atoms with Gasteiger partial charge in [0.15, 0.2) is 0 Å². The minimum Gasteiger partial charge on any atom is -0.347 e. The number of carbonyl (C=O) groups excluding carboxylic acids is 1. The summed E-state index contributed by atoms with van der Waals surface area (Å²) in [6, 6.07) is 7.13. The van der Waals surface area contributed by atoms with Crippen LogP contribution < -0.4 is 10.5 Å². The third-order valence-corrected chi connectivity index (χ3v) is 6.29. The number of hydrogen-bond acceptors (Lipinski definition) is 7. The third-order valence-electron chi connectivity index (χ3n) is 2.98. The zero-order valence-electron chi connectivity index (χ0n) is 12.4. The standard InChI is InChI=1S/C13H13N3O5S3/c1-22-11-4-2-8(6-10(11)16(18)19)13(17)15-7-9-3-5-12(23-9)24(14,20)21/h2-6H,7H2,1H3,(H,15,17)(H2,14,20,21). The summed E-state index contributed by atoms with van der Waals surface area (Å²) >= 11 is 2.17. The van der Waals surface area contributed by atoms with E-state index in [2.05, 4.69) is 5.32 Å². The number of nitrogens with zero attached hydrogens (tertiary/aromatic N) is 1. The second kappa shape index (κ2) is 7.30. The number of sulfonamides is 1. The van der Waals surface area contributed by atoms with E-state index in [1.807, 2.05) is 0 Å². The summed E-state index contributed by atoms with van der Waals surface area (Å²) in [6.07, 6.45) is 1.71. The van der Waals surface area contributed by atoms with Crippen molar-refractivity contribution in [3.05, 3.63) is 50.9 Å². The van der Waals surface area contributed by atoms with Crippen LogP contribution in [0.15, 0.2) is 39.4 Å². The maximum atomic E-state index is 12.1. The number of nitrogens with one attached hydrogen (secondary N) is 1. The summed E-state index contributed by atoms with van der Waals surface area (Å²) in [5, 5.41) is 18.6. The molecule has 0 saturated carbocycles. The van der Waals surface area contributed by atoms with Gasteiger partial charge in [0.1, 0.15) is 4.21 Å². The zero-order chi connectivity index (χ0) is 17.9. The highest BCUT2D eigenvalue weighted by molar-refractivity contribution is 7.98. The van der Waals surface area contributed by atoms with Crippen molar-refractivity contribution in [3.63, 3.8) is 0 Å². The van der Waals surface area contributed by atoms with Crippen molar-refractivity contribution in [2.24, 2.45) is 5.14 Å². The van der Waals surface area contributed by atoms with Crippen LogP contribution in [0.2, 0.25) is 0 Å². The Kier molecular flexibility index (Phi) is 5.59. The van der Waals surface area contributed by atoms with Crippen molar-refractivity contribution in [2.45, 2.75) is 15.6 Å². The fourth-order valence-corrected chi connectivity index (χ4v) is 4.11. The SMILES string of the molecule is CSc1ccc(C(=O)NCc2ccc(S(N)(=O)=O)s2)cc1[N+](=O)[O-]. The largest absolute Gasteiger partial charge is 0.347 e. The van der Waals surface area contributed by atoms with Crippen molar-refractivity contribution in [1.29, 1.82) is 0 Å². The number of amides is 1. The number of rotatable bonds is 6. The van der Waals surface area contributed by atoms with Gasteiger partial charge in [-0.3, -0.25) is 14.9 Å². The summed E-state index contributed by atoms with van der Waals surface area (Å²) in [7, 11) is -3.77.